The van der Waals surface area contributed by atoms with Crippen molar-refractivity contribution in [3.05, 3.63) is 134 Å². The molecule has 608 valence electrons. The molecule has 0 saturated heterocycles. The number of allylic oxidation sites excluding steroid dienone is 22. The highest BCUT2D eigenvalue weighted by Gasteiger charge is 2.30. The lowest BCUT2D eigenvalue weighted by molar-refractivity contribution is -0.161. The molecule has 0 bridgehead atoms. The molecule has 0 saturated carbocycles. The van der Waals surface area contributed by atoms with Gasteiger partial charge in [-0.15, -0.1) is 0 Å². The molecular weight excluding hydrogens is 1380 g/mol. The van der Waals surface area contributed by atoms with Crippen LogP contribution in [0.15, 0.2) is 134 Å². The number of esters is 4. The number of rotatable bonds is 77. The lowest BCUT2D eigenvalue weighted by atomic mass is 10.0. The third-order valence-electron chi connectivity index (χ3n) is 17.1. The molecule has 0 radical (unpaired) electrons. The molecule has 5 atom stereocenters. The second-order valence-corrected chi connectivity index (χ2v) is 30.2. The van der Waals surface area contributed by atoms with Crippen molar-refractivity contribution in [3.8, 4) is 0 Å². The summed E-state index contributed by atoms with van der Waals surface area (Å²) in [6.07, 6.45) is 88.5. The second kappa shape index (κ2) is 78.3. The summed E-state index contributed by atoms with van der Waals surface area (Å²) in [6, 6.07) is 0. The quantitative estimate of drug-likeness (QED) is 0.0169. The molecule has 0 aliphatic carbocycles. The van der Waals surface area contributed by atoms with Crippen molar-refractivity contribution < 1.29 is 80.2 Å². The van der Waals surface area contributed by atoms with Gasteiger partial charge in [-0.05, 0) is 141 Å². The highest BCUT2D eigenvalue weighted by atomic mass is 31.2. The van der Waals surface area contributed by atoms with Crippen LogP contribution in [0.25, 0.3) is 0 Å². The SMILES string of the molecule is CC/C=C\C/C=C\C/C=C\C/C=C\CCCCCCCCC(=O)OCC(COP(=O)(O)OCC(O)COP(=O)(O)OCC(COC(=O)CCCC/C=C\C/C=C\C/C=C\C/C=C\CC)OC(=O)CCCCCCCCCCCCCCC)OC(=O)CCCCCCCC/C=C\C/C=C\C/C=C\CCCCC. The minimum Gasteiger partial charge on any atom is -0.462 e. The summed E-state index contributed by atoms with van der Waals surface area (Å²) >= 11 is 0. The average Bonchev–Trinajstić information content (AvgIpc) is 0.903. The fraction of sp³-hybridized carbons (Fsp3) is 0.701. The van der Waals surface area contributed by atoms with Crippen molar-refractivity contribution in [2.24, 2.45) is 0 Å². The first-order valence-electron chi connectivity index (χ1n) is 41.4. The van der Waals surface area contributed by atoms with Crippen LogP contribution in [0, 0.1) is 0 Å². The van der Waals surface area contributed by atoms with Crippen LogP contribution < -0.4 is 0 Å². The minimum atomic E-state index is -4.99. The molecule has 17 nitrogen and oxygen atoms in total. The third kappa shape index (κ3) is 77.4. The van der Waals surface area contributed by atoms with Crippen LogP contribution in [0.1, 0.15) is 336 Å². The Morgan fingerprint density at radius 1 is 0.274 bits per heavy atom. The first-order chi connectivity index (χ1) is 51.7. The maximum Gasteiger partial charge on any atom is 0.472 e. The molecule has 0 rings (SSSR count). The van der Waals surface area contributed by atoms with E-state index in [0.29, 0.717) is 25.7 Å². The van der Waals surface area contributed by atoms with Crippen LogP contribution in [0.3, 0.4) is 0 Å². The Morgan fingerprint density at radius 2 is 0.491 bits per heavy atom. The Bertz CT molecular complexity index is 2530. The number of hydrogen-bond acceptors (Lipinski definition) is 15. The summed E-state index contributed by atoms with van der Waals surface area (Å²) in [5, 5.41) is 10.7. The smallest absolute Gasteiger partial charge is 0.462 e. The van der Waals surface area contributed by atoms with Crippen LogP contribution in [-0.4, -0.2) is 96.7 Å². The standard InChI is InChI=1S/C87H148O17P2/c1-5-9-13-17-21-25-29-33-36-38-40-42-45-49-52-56-60-64-68-72-85(90)98-78-83(104-87(92)74-70-66-62-58-54-50-46-43-41-39-37-34-30-26-22-18-14-10-6-2)80-102-106(95,96)100-76-81(88)75-99-105(93,94)101-79-82(103-86(91)73-69-65-61-57-53-47-32-28-24-20-16-12-8-4)77-97-84(89)71-67-63-59-55-51-48-44-35-31-27-23-19-15-11-7-3/h9,11,13,15,21-23,25-27,33-37,40-44,51,55,81-83,88H,5-8,10,12,14,16-20,24,28-32,38-39,45-50,52-54,56-80H2,1-4H3,(H,93,94)(H,95,96)/b13-9-,15-11-,25-21-,26-22-,27-23-,36-33-,37-34-,42-40-,43-41-,44-35-,55-51-. The molecule has 0 spiro atoms. The largest absolute Gasteiger partial charge is 0.472 e. The van der Waals surface area contributed by atoms with E-state index in [0.717, 1.165) is 186 Å². The lowest BCUT2D eigenvalue weighted by Crippen LogP contribution is -2.30. The number of carbonyl (C=O) groups excluding carboxylic acids is 4. The van der Waals surface area contributed by atoms with E-state index in [1.54, 1.807) is 0 Å². The molecule has 0 fully saturated rings. The summed E-state index contributed by atoms with van der Waals surface area (Å²) < 4.78 is 68.7. The summed E-state index contributed by atoms with van der Waals surface area (Å²) in [5.74, 6) is -2.24. The average molecular weight is 1530 g/mol. The highest BCUT2D eigenvalue weighted by molar-refractivity contribution is 7.47. The van der Waals surface area contributed by atoms with E-state index >= 15 is 0 Å². The third-order valence-corrected chi connectivity index (χ3v) is 19.0. The van der Waals surface area contributed by atoms with E-state index in [-0.39, 0.29) is 25.7 Å². The number of ether oxygens (including phenoxy) is 4. The van der Waals surface area contributed by atoms with E-state index in [2.05, 4.69) is 161 Å². The monoisotopic (exact) mass is 1530 g/mol. The number of aliphatic hydroxyl groups excluding tert-OH is 1. The number of hydrogen-bond donors (Lipinski definition) is 3. The minimum absolute atomic E-state index is 0.0735. The van der Waals surface area contributed by atoms with Gasteiger partial charge in [-0.1, -0.05) is 303 Å². The van der Waals surface area contributed by atoms with Gasteiger partial charge in [0.25, 0.3) is 0 Å². The molecule has 0 amide bonds. The number of phosphoric ester groups is 2. The Labute approximate surface area is 644 Å². The first kappa shape index (κ1) is 101. The van der Waals surface area contributed by atoms with Gasteiger partial charge in [0, 0.05) is 25.7 Å². The fourth-order valence-corrected chi connectivity index (χ4v) is 12.4. The number of aliphatic hydroxyl groups is 1. The summed E-state index contributed by atoms with van der Waals surface area (Å²) in [6.45, 7) is 4.57. The predicted molar refractivity (Wildman–Crippen MR) is 436 cm³/mol. The van der Waals surface area contributed by atoms with Crippen molar-refractivity contribution in [2.75, 3.05) is 39.6 Å². The van der Waals surface area contributed by atoms with E-state index in [9.17, 15) is 43.2 Å². The van der Waals surface area contributed by atoms with Crippen LogP contribution in [-0.2, 0) is 65.4 Å². The van der Waals surface area contributed by atoms with Gasteiger partial charge in [-0.3, -0.25) is 37.3 Å². The van der Waals surface area contributed by atoms with Crippen LogP contribution in [0.2, 0.25) is 0 Å². The van der Waals surface area contributed by atoms with Crippen molar-refractivity contribution >= 4 is 39.5 Å². The van der Waals surface area contributed by atoms with Gasteiger partial charge in [-0.25, -0.2) is 9.13 Å². The summed E-state index contributed by atoms with van der Waals surface area (Å²) in [5.41, 5.74) is 0. The Hall–Kier alpha value is -4.80. The van der Waals surface area contributed by atoms with Crippen molar-refractivity contribution in [1.82, 2.24) is 0 Å². The van der Waals surface area contributed by atoms with Crippen molar-refractivity contribution in [2.45, 2.75) is 354 Å². The van der Waals surface area contributed by atoms with Gasteiger partial charge in [0.2, 0.25) is 0 Å². The van der Waals surface area contributed by atoms with Crippen LogP contribution in [0.5, 0.6) is 0 Å². The number of carbonyl (C=O) groups is 4. The maximum absolute atomic E-state index is 13.1. The molecule has 106 heavy (non-hydrogen) atoms. The molecule has 5 unspecified atom stereocenters. The molecule has 0 aliphatic heterocycles. The van der Waals surface area contributed by atoms with Crippen molar-refractivity contribution in [1.29, 1.82) is 0 Å². The molecule has 0 aromatic rings. The molecule has 0 heterocycles. The Morgan fingerprint density at radius 3 is 0.792 bits per heavy atom. The van der Waals surface area contributed by atoms with Gasteiger partial charge in [0.15, 0.2) is 12.2 Å². The maximum atomic E-state index is 13.1. The molecule has 0 aromatic carbocycles. The molecule has 0 aliphatic rings. The first-order valence-corrected chi connectivity index (χ1v) is 44.4. The second-order valence-electron chi connectivity index (χ2n) is 27.3. The highest BCUT2D eigenvalue weighted by Crippen LogP contribution is 2.45. The van der Waals surface area contributed by atoms with Crippen molar-refractivity contribution in [3.63, 3.8) is 0 Å². The fourth-order valence-electron chi connectivity index (χ4n) is 10.9. The molecule has 0 aromatic heterocycles. The van der Waals surface area contributed by atoms with Crippen LogP contribution in [0.4, 0.5) is 0 Å². The molecule has 19 heteroatoms. The van der Waals surface area contributed by atoms with Gasteiger partial charge in [0.05, 0.1) is 26.4 Å². The summed E-state index contributed by atoms with van der Waals surface area (Å²) in [4.78, 5) is 73.1. The lowest BCUT2D eigenvalue weighted by Gasteiger charge is -2.21. The normalized spacial score (nSPS) is 14.5. The van der Waals surface area contributed by atoms with Gasteiger partial charge < -0.3 is 33.8 Å². The Kier molecular flexibility index (Phi) is 74.8. The zero-order chi connectivity index (χ0) is 77.4. The van der Waals surface area contributed by atoms with E-state index in [4.69, 9.17) is 37.0 Å². The predicted octanol–water partition coefficient (Wildman–Crippen LogP) is 24.4. The van der Waals surface area contributed by atoms with E-state index in [1.807, 2.05) is 0 Å². The Balaban J connectivity index is 5.41. The molecule has 3 N–H and O–H groups in total. The van der Waals surface area contributed by atoms with Gasteiger partial charge >= 0.3 is 39.5 Å². The topological polar surface area (TPSA) is 237 Å². The summed E-state index contributed by atoms with van der Waals surface area (Å²) in [7, 11) is -9.98. The zero-order valence-corrected chi connectivity index (χ0v) is 68.4. The number of unbranched alkanes of at least 4 members (excludes halogenated alkanes) is 29. The molecular formula is C87H148O17P2. The zero-order valence-electron chi connectivity index (χ0n) is 66.6. The van der Waals surface area contributed by atoms with Gasteiger partial charge in [-0.2, -0.15) is 0 Å². The number of phosphoric acid groups is 2. The van der Waals surface area contributed by atoms with Crippen LogP contribution >= 0.6 is 15.6 Å². The van der Waals surface area contributed by atoms with Gasteiger partial charge in [0.1, 0.15) is 19.3 Å². The van der Waals surface area contributed by atoms with E-state index < -0.39 is 97.5 Å². The van der Waals surface area contributed by atoms with E-state index in [1.165, 1.54) is 70.6 Å².